The van der Waals surface area contributed by atoms with E-state index in [9.17, 15) is 19.8 Å². The van der Waals surface area contributed by atoms with E-state index in [4.69, 9.17) is 32.7 Å². The first-order chi connectivity index (χ1) is 16.8. The maximum absolute atomic E-state index is 13.4. The minimum Gasteiger partial charge on any atom is -0.458 e. The zero-order chi connectivity index (χ0) is 27.0. The second kappa shape index (κ2) is 11.3. The molecular weight excluding hydrogens is 503 g/mol. The normalized spacial score (nSPS) is 47.2. The van der Waals surface area contributed by atoms with E-state index in [-0.39, 0.29) is 29.6 Å². The number of hydrogen-bond donors (Lipinski definition) is 2. The van der Waals surface area contributed by atoms with Crippen LogP contribution in [0, 0.1) is 41.4 Å². The number of rotatable bonds is 2. The van der Waals surface area contributed by atoms with Crippen LogP contribution in [0.4, 0.5) is 0 Å². The lowest BCUT2D eigenvalue weighted by atomic mass is 9.54. The zero-order valence-electron chi connectivity index (χ0n) is 21.9. The van der Waals surface area contributed by atoms with E-state index in [2.05, 4.69) is 12.2 Å². The highest BCUT2D eigenvalue weighted by atomic mass is 35.5. The first-order valence-corrected chi connectivity index (χ1v) is 13.7. The van der Waals surface area contributed by atoms with E-state index in [1.54, 1.807) is 19.1 Å². The first-order valence-electron chi connectivity index (χ1n) is 12.9. The summed E-state index contributed by atoms with van der Waals surface area (Å²) in [6.45, 7) is 11.4. The maximum Gasteiger partial charge on any atom is 0.316 e. The number of ketones is 1. The quantitative estimate of drug-likeness (QED) is 0.228. The second-order valence-corrected chi connectivity index (χ2v) is 12.3. The van der Waals surface area contributed by atoms with Crippen LogP contribution >= 0.6 is 23.2 Å². The molecule has 0 aromatic carbocycles. The van der Waals surface area contributed by atoms with Crippen molar-refractivity contribution in [1.29, 1.82) is 0 Å². The number of aliphatic hydroxyl groups is 2. The summed E-state index contributed by atoms with van der Waals surface area (Å²) in [7, 11) is 0. The van der Waals surface area contributed by atoms with Crippen molar-refractivity contribution in [3.05, 3.63) is 36.5 Å². The smallest absolute Gasteiger partial charge is 0.316 e. The number of esters is 1. The number of Topliss-reactive ketones (excluding diaryl/α,β-unsaturated/α-hetero) is 1. The highest BCUT2D eigenvalue weighted by Gasteiger charge is 2.59. The van der Waals surface area contributed by atoms with Gasteiger partial charge in [0.2, 0.25) is 4.33 Å². The van der Waals surface area contributed by atoms with E-state index >= 15 is 0 Å². The Balaban J connectivity index is 2.11. The fourth-order valence-electron chi connectivity index (χ4n) is 6.49. The Morgan fingerprint density at radius 3 is 2.28 bits per heavy atom. The molecule has 0 aromatic rings. The molecule has 11 atom stereocenters. The van der Waals surface area contributed by atoms with Gasteiger partial charge < -0.3 is 19.7 Å². The van der Waals surface area contributed by atoms with Gasteiger partial charge in [0.05, 0.1) is 17.8 Å². The van der Waals surface area contributed by atoms with Gasteiger partial charge in [0.25, 0.3) is 0 Å². The molecule has 0 spiro atoms. The third kappa shape index (κ3) is 5.49. The summed E-state index contributed by atoms with van der Waals surface area (Å²) in [4.78, 5) is 26.0. The van der Waals surface area contributed by atoms with Crippen LogP contribution in [0.1, 0.15) is 48.0 Å². The fraction of sp³-hybridized carbons (Fsp3) is 0.714. The molecule has 6 nitrogen and oxygen atoms in total. The first kappa shape index (κ1) is 29.4. The molecule has 8 heteroatoms. The Morgan fingerprint density at radius 2 is 1.64 bits per heavy atom. The molecule has 2 N–H and O–H groups in total. The van der Waals surface area contributed by atoms with E-state index in [1.165, 1.54) is 6.92 Å². The molecule has 1 saturated carbocycles. The summed E-state index contributed by atoms with van der Waals surface area (Å²) in [6, 6.07) is 0. The van der Waals surface area contributed by atoms with Gasteiger partial charge in [-0.1, -0.05) is 67.4 Å². The molecule has 1 fully saturated rings. The van der Waals surface area contributed by atoms with Crippen molar-refractivity contribution < 1.29 is 29.3 Å². The lowest BCUT2D eigenvalue weighted by molar-refractivity contribution is -0.188. The number of hydrogen-bond acceptors (Lipinski definition) is 6. The van der Waals surface area contributed by atoms with Gasteiger partial charge in [-0.05, 0) is 75.7 Å². The number of ether oxygens (including phenoxy) is 2. The van der Waals surface area contributed by atoms with Crippen molar-refractivity contribution in [3.63, 3.8) is 0 Å². The van der Waals surface area contributed by atoms with E-state index in [0.29, 0.717) is 13.0 Å². The largest absolute Gasteiger partial charge is 0.458 e. The number of carbonyl (C=O) groups excluding carboxylic acids is 2. The summed E-state index contributed by atoms with van der Waals surface area (Å²) in [6.07, 6.45) is 9.40. The summed E-state index contributed by atoms with van der Waals surface area (Å²) in [5, 5.41) is 23.1. The lowest BCUT2D eigenvalue weighted by Crippen LogP contribution is -2.61. The molecular formula is C28H40Cl2O6. The van der Waals surface area contributed by atoms with E-state index in [1.807, 2.05) is 39.8 Å². The molecule has 202 valence electrons. The third-order valence-electron chi connectivity index (χ3n) is 8.44. The molecule has 0 aromatic heterocycles. The molecule has 0 bridgehead atoms. The van der Waals surface area contributed by atoms with Crippen LogP contribution in [-0.2, 0) is 19.1 Å². The van der Waals surface area contributed by atoms with Crippen molar-refractivity contribution >= 4 is 35.0 Å². The number of cyclic esters (lactones) is 1. The summed E-state index contributed by atoms with van der Waals surface area (Å²) < 4.78 is 9.12. The average molecular weight is 544 g/mol. The molecule has 0 saturated heterocycles. The molecule has 2 aliphatic carbocycles. The summed E-state index contributed by atoms with van der Waals surface area (Å²) >= 11 is 13.3. The van der Waals surface area contributed by atoms with Gasteiger partial charge in [-0.25, -0.2) is 0 Å². The molecule has 0 radical (unpaired) electrons. The van der Waals surface area contributed by atoms with Crippen molar-refractivity contribution in [1.82, 2.24) is 0 Å². The van der Waals surface area contributed by atoms with Gasteiger partial charge in [-0.3, -0.25) is 9.59 Å². The maximum atomic E-state index is 13.4. The standard InChI is InChI=1S/C28H40Cl2O6/c1-7-35-27(6)14-19-12-13-20-15(2)10-8-9-11-16(3)36-26(34)18(5)24(32)28(29,30)25(33)22(20)21(19)17(4)23(27)31/h8-13,15-23,25,31,33H,7,14H2,1-6H3/b10-8-,11-9+/t15-,16+,17+,18+,19-,20+,21-,22-,23-,25?,27-/m1/s1. The highest BCUT2D eigenvalue weighted by molar-refractivity contribution is 6.59. The lowest BCUT2D eigenvalue weighted by Gasteiger charge is -2.55. The monoisotopic (exact) mass is 542 g/mol. The molecule has 36 heavy (non-hydrogen) atoms. The number of aliphatic hydroxyl groups excluding tert-OH is 2. The Kier molecular flexibility index (Phi) is 9.21. The molecule has 1 aliphatic heterocycles. The van der Waals surface area contributed by atoms with Gasteiger partial charge in [0, 0.05) is 6.61 Å². The number of allylic oxidation sites excluding steroid dienone is 5. The van der Waals surface area contributed by atoms with Crippen molar-refractivity contribution in [2.75, 3.05) is 6.61 Å². The van der Waals surface area contributed by atoms with Gasteiger partial charge >= 0.3 is 5.97 Å². The van der Waals surface area contributed by atoms with Crippen LogP contribution in [0.3, 0.4) is 0 Å². The van der Waals surface area contributed by atoms with Crippen molar-refractivity contribution in [2.45, 2.75) is 76.2 Å². The number of alkyl halides is 2. The van der Waals surface area contributed by atoms with Crippen LogP contribution in [0.15, 0.2) is 36.5 Å². The van der Waals surface area contributed by atoms with Crippen LogP contribution in [0.25, 0.3) is 0 Å². The minimum absolute atomic E-state index is 0.0201. The fourth-order valence-corrected chi connectivity index (χ4v) is 7.10. The molecule has 3 aliphatic rings. The van der Waals surface area contributed by atoms with Crippen LogP contribution in [0.2, 0.25) is 0 Å². The van der Waals surface area contributed by atoms with Crippen LogP contribution in [0.5, 0.6) is 0 Å². The van der Waals surface area contributed by atoms with E-state index in [0.717, 1.165) is 0 Å². The van der Waals surface area contributed by atoms with Crippen LogP contribution < -0.4 is 0 Å². The third-order valence-corrected chi connectivity index (χ3v) is 9.26. The Morgan fingerprint density at radius 1 is 1.00 bits per heavy atom. The topological polar surface area (TPSA) is 93.1 Å². The predicted octanol–water partition coefficient (Wildman–Crippen LogP) is 4.65. The second-order valence-electron chi connectivity index (χ2n) is 11.0. The Hall–Kier alpha value is -1.18. The number of carbonyl (C=O) groups is 2. The van der Waals surface area contributed by atoms with Crippen LogP contribution in [-0.4, -0.2) is 56.8 Å². The summed E-state index contributed by atoms with van der Waals surface area (Å²) in [5.41, 5.74) is -0.737. The highest BCUT2D eigenvalue weighted by Crippen LogP contribution is 2.54. The van der Waals surface area contributed by atoms with Crippen molar-refractivity contribution in [2.24, 2.45) is 41.4 Å². The molecule has 3 rings (SSSR count). The van der Waals surface area contributed by atoms with Gasteiger partial charge in [0.15, 0.2) is 5.78 Å². The number of fused-ring (bicyclic) bond motifs is 3. The average Bonchev–Trinajstić information content (AvgIpc) is 2.82. The summed E-state index contributed by atoms with van der Waals surface area (Å²) in [5.74, 6) is -4.11. The van der Waals surface area contributed by atoms with Gasteiger partial charge in [0.1, 0.15) is 12.0 Å². The molecule has 0 amide bonds. The predicted molar refractivity (Wildman–Crippen MR) is 141 cm³/mol. The van der Waals surface area contributed by atoms with Gasteiger partial charge in [-0.2, -0.15) is 0 Å². The Labute approximate surface area is 224 Å². The van der Waals surface area contributed by atoms with E-state index < -0.39 is 51.8 Å². The SMILES string of the molecule is CCO[C@]1(C)C[C@H]2C=C[C@@H]3[C@@H](C(O)C(Cl)(Cl)C(=O)[C@H](C)C(=O)O[C@@H](C)/C=C/C=C\[C@H]3C)[C@@H]2[C@H](C)[C@H]1O. The van der Waals surface area contributed by atoms with Crippen molar-refractivity contribution in [3.8, 4) is 0 Å². The molecule has 1 unspecified atom stereocenters. The minimum atomic E-state index is -2.24. The van der Waals surface area contributed by atoms with Gasteiger partial charge in [-0.15, -0.1) is 0 Å². The zero-order valence-corrected chi connectivity index (χ0v) is 23.4. The number of halogens is 2. The molecule has 1 heterocycles. The Bertz CT molecular complexity index is 914.